The molecule has 1 unspecified atom stereocenters. The number of hydrogen-bond donors (Lipinski definition) is 0. The molecule has 1 fully saturated rings. The highest BCUT2D eigenvalue weighted by molar-refractivity contribution is 8.00. The first kappa shape index (κ1) is 15.4. The largest absolute Gasteiger partial charge is 0.468 e. The van der Waals surface area contributed by atoms with Crippen molar-refractivity contribution in [2.24, 2.45) is 7.05 Å². The summed E-state index contributed by atoms with van der Waals surface area (Å²) in [5.74, 6) is 2.42. The van der Waals surface area contributed by atoms with E-state index in [1.165, 1.54) is 11.8 Å². The fourth-order valence-corrected chi connectivity index (χ4v) is 4.22. The molecule has 0 N–H and O–H groups in total. The van der Waals surface area contributed by atoms with Crippen LogP contribution < -0.4 is 0 Å². The molecule has 3 rings (SSSR count). The third-order valence-electron chi connectivity index (χ3n) is 3.46. The first-order valence-corrected chi connectivity index (χ1v) is 9.05. The lowest BCUT2D eigenvalue weighted by Crippen LogP contribution is -2.34. The highest BCUT2D eigenvalue weighted by Crippen LogP contribution is 2.34. The van der Waals surface area contributed by atoms with Crippen LogP contribution in [0.15, 0.2) is 28.0 Å². The van der Waals surface area contributed by atoms with E-state index in [1.807, 2.05) is 28.8 Å². The summed E-state index contributed by atoms with van der Waals surface area (Å²) in [6, 6.07) is 3.92. The normalized spacial score (nSPS) is 19.1. The molecule has 7 nitrogen and oxygen atoms in total. The zero-order valence-corrected chi connectivity index (χ0v) is 13.8. The molecule has 2 aromatic heterocycles. The zero-order valence-electron chi connectivity index (χ0n) is 12.2. The number of rotatable bonds is 4. The Morgan fingerprint density at radius 1 is 1.55 bits per heavy atom. The molecular formula is C13H17N5O2S2. The van der Waals surface area contributed by atoms with Gasteiger partial charge in [-0.1, -0.05) is 11.8 Å². The summed E-state index contributed by atoms with van der Waals surface area (Å²) in [7, 11) is 1.77. The quantitative estimate of drug-likeness (QED) is 0.783. The maximum atomic E-state index is 12.3. The van der Waals surface area contributed by atoms with E-state index in [0.717, 1.165) is 31.0 Å². The molecular weight excluding hydrogens is 322 g/mol. The molecule has 9 heteroatoms. The zero-order chi connectivity index (χ0) is 15.4. The standard InChI is InChI=1S/C13H17N5O2S2/c1-17-13(14-15-16-17)22-9-12(19)18-5-4-11(21-8-6-18)10-3-2-7-20-10/h2-3,7,11H,4-6,8-9H2,1H3. The monoisotopic (exact) mass is 339 g/mol. The Morgan fingerprint density at radius 2 is 2.45 bits per heavy atom. The Balaban J connectivity index is 1.52. The molecule has 0 bridgehead atoms. The van der Waals surface area contributed by atoms with Crippen LogP contribution in [0.3, 0.4) is 0 Å². The molecule has 0 radical (unpaired) electrons. The summed E-state index contributed by atoms with van der Waals surface area (Å²) in [6.45, 7) is 1.53. The van der Waals surface area contributed by atoms with Crippen LogP contribution in [0.5, 0.6) is 0 Å². The van der Waals surface area contributed by atoms with E-state index >= 15 is 0 Å². The van der Waals surface area contributed by atoms with Crippen molar-refractivity contribution in [1.29, 1.82) is 0 Å². The number of furan rings is 1. The minimum absolute atomic E-state index is 0.133. The summed E-state index contributed by atoms with van der Waals surface area (Å²) >= 11 is 3.22. The Morgan fingerprint density at radius 3 is 3.18 bits per heavy atom. The average molecular weight is 339 g/mol. The van der Waals surface area contributed by atoms with Gasteiger partial charge in [0, 0.05) is 25.9 Å². The highest BCUT2D eigenvalue weighted by atomic mass is 32.2. The van der Waals surface area contributed by atoms with Crippen molar-refractivity contribution in [2.45, 2.75) is 16.8 Å². The molecule has 0 aliphatic carbocycles. The number of nitrogens with zero attached hydrogens (tertiary/aromatic N) is 5. The van der Waals surface area contributed by atoms with Crippen LogP contribution in [0.1, 0.15) is 17.4 Å². The Bertz CT molecular complexity index is 616. The van der Waals surface area contributed by atoms with Gasteiger partial charge >= 0.3 is 0 Å². The molecule has 1 saturated heterocycles. The van der Waals surface area contributed by atoms with E-state index in [1.54, 1.807) is 18.0 Å². The van der Waals surface area contributed by atoms with Gasteiger partial charge in [-0.2, -0.15) is 0 Å². The molecule has 3 heterocycles. The molecule has 1 atom stereocenters. The SMILES string of the molecule is Cn1nnnc1SCC(=O)N1CCSC(c2ccco2)CC1. The number of amides is 1. The number of hydrogen-bond acceptors (Lipinski definition) is 7. The van der Waals surface area contributed by atoms with Crippen LogP contribution in [0.4, 0.5) is 0 Å². The highest BCUT2D eigenvalue weighted by Gasteiger charge is 2.23. The maximum absolute atomic E-state index is 12.3. The Kier molecular flexibility index (Phi) is 5.04. The second-order valence-electron chi connectivity index (χ2n) is 4.92. The van der Waals surface area contributed by atoms with Crippen molar-refractivity contribution in [1.82, 2.24) is 25.1 Å². The average Bonchev–Trinajstić information content (AvgIpc) is 3.12. The summed E-state index contributed by atoms with van der Waals surface area (Å²) in [6.07, 6.45) is 2.62. The van der Waals surface area contributed by atoms with Gasteiger partial charge in [-0.3, -0.25) is 4.79 Å². The van der Waals surface area contributed by atoms with Crippen molar-refractivity contribution in [3.05, 3.63) is 24.2 Å². The third-order valence-corrected chi connectivity index (χ3v) is 5.74. The number of tetrazole rings is 1. The molecule has 1 amide bonds. The summed E-state index contributed by atoms with van der Waals surface area (Å²) in [5, 5.41) is 12.2. The van der Waals surface area contributed by atoms with Crippen molar-refractivity contribution in [2.75, 3.05) is 24.6 Å². The van der Waals surface area contributed by atoms with Crippen LogP contribution in [0.2, 0.25) is 0 Å². The lowest BCUT2D eigenvalue weighted by Gasteiger charge is -2.19. The first-order valence-electron chi connectivity index (χ1n) is 7.02. The van der Waals surface area contributed by atoms with E-state index in [9.17, 15) is 4.79 Å². The number of thioether (sulfide) groups is 2. The molecule has 0 saturated carbocycles. The molecule has 1 aliphatic rings. The predicted octanol–water partition coefficient (Wildman–Crippen LogP) is 1.60. The third kappa shape index (κ3) is 3.64. The molecule has 22 heavy (non-hydrogen) atoms. The van der Waals surface area contributed by atoms with Crippen molar-refractivity contribution < 1.29 is 9.21 Å². The number of carbonyl (C=O) groups excluding carboxylic acids is 1. The summed E-state index contributed by atoms with van der Waals surface area (Å²) in [5.41, 5.74) is 0. The maximum Gasteiger partial charge on any atom is 0.233 e. The fraction of sp³-hybridized carbons (Fsp3) is 0.538. The Hall–Kier alpha value is -1.48. The minimum Gasteiger partial charge on any atom is -0.468 e. The van der Waals surface area contributed by atoms with Gasteiger partial charge in [0.05, 0.1) is 17.3 Å². The van der Waals surface area contributed by atoms with Crippen molar-refractivity contribution in [3.8, 4) is 0 Å². The van der Waals surface area contributed by atoms with Crippen LogP contribution in [-0.4, -0.2) is 55.6 Å². The smallest absolute Gasteiger partial charge is 0.233 e. The summed E-state index contributed by atoms with van der Waals surface area (Å²) < 4.78 is 7.05. The van der Waals surface area contributed by atoms with Crippen LogP contribution in [0, 0.1) is 0 Å². The van der Waals surface area contributed by atoms with E-state index < -0.39 is 0 Å². The van der Waals surface area contributed by atoms with Gasteiger partial charge in [0.2, 0.25) is 11.1 Å². The van der Waals surface area contributed by atoms with Crippen LogP contribution in [-0.2, 0) is 11.8 Å². The summed E-state index contributed by atoms with van der Waals surface area (Å²) in [4.78, 5) is 14.3. The second-order valence-corrected chi connectivity index (χ2v) is 7.17. The van der Waals surface area contributed by atoms with Crippen molar-refractivity contribution >= 4 is 29.4 Å². The lowest BCUT2D eigenvalue weighted by molar-refractivity contribution is -0.128. The first-order chi connectivity index (χ1) is 10.7. The van der Waals surface area contributed by atoms with E-state index in [4.69, 9.17) is 4.42 Å². The van der Waals surface area contributed by atoms with Crippen LogP contribution >= 0.6 is 23.5 Å². The number of carbonyl (C=O) groups is 1. The predicted molar refractivity (Wildman–Crippen MR) is 84.6 cm³/mol. The molecule has 0 aromatic carbocycles. The van der Waals surface area contributed by atoms with Gasteiger partial charge in [-0.25, -0.2) is 4.68 Å². The minimum atomic E-state index is 0.133. The second kappa shape index (κ2) is 7.19. The molecule has 1 aliphatic heterocycles. The van der Waals surface area contributed by atoms with E-state index in [2.05, 4.69) is 15.5 Å². The molecule has 0 spiro atoms. The number of aromatic nitrogens is 4. The van der Waals surface area contributed by atoms with Crippen LogP contribution in [0.25, 0.3) is 0 Å². The van der Waals surface area contributed by atoms with Gasteiger partial charge in [0.25, 0.3) is 0 Å². The van der Waals surface area contributed by atoms with Crippen molar-refractivity contribution in [3.63, 3.8) is 0 Å². The van der Waals surface area contributed by atoms with Gasteiger partial charge in [0.15, 0.2) is 0 Å². The van der Waals surface area contributed by atoms with Gasteiger partial charge in [0.1, 0.15) is 5.76 Å². The van der Waals surface area contributed by atoms with Gasteiger partial charge < -0.3 is 9.32 Å². The fourth-order valence-electron chi connectivity index (χ4n) is 2.28. The Labute approximate surface area is 136 Å². The molecule has 2 aromatic rings. The van der Waals surface area contributed by atoms with E-state index in [0.29, 0.717) is 16.2 Å². The van der Waals surface area contributed by atoms with Gasteiger partial charge in [-0.05, 0) is 29.0 Å². The number of aryl methyl sites for hydroxylation is 1. The van der Waals surface area contributed by atoms with Gasteiger partial charge in [-0.15, -0.1) is 16.9 Å². The molecule has 118 valence electrons. The van der Waals surface area contributed by atoms with E-state index in [-0.39, 0.29) is 5.91 Å². The topological polar surface area (TPSA) is 77.1 Å². The lowest BCUT2D eigenvalue weighted by atomic mass is 10.2.